The number of ether oxygens (including phenoxy) is 1. The van der Waals surface area contributed by atoms with Crippen LogP contribution in [0.3, 0.4) is 0 Å². The van der Waals surface area contributed by atoms with Gasteiger partial charge in [-0.25, -0.2) is 14.4 Å². The van der Waals surface area contributed by atoms with Gasteiger partial charge in [-0.05, 0) is 56.0 Å². The van der Waals surface area contributed by atoms with Crippen molar-refractivity contribution in [2.45, 2.75) is 19.3 Å². The monoisotopic (exact) mass is 342 g/mol. The summed E-state index contributed by atoms with van der Waals surface area (Å²) in [5, 5.41) is 6.22. The second-order valence-electron chi connectivity index (χ2n) is 6.65. The Kier molecular flexibility index (Phi) is 4.09. The molecule has 1 saturated carbocycles. The maximum absolute atomic E-state index is 12.8. The second kappa shape index (κ2) is 6.40. The van der Waals surface area contributed by atoms with Gasteiger partial charge in [0.2, 0.25) is 11.8 Å². The third-order valence-corrected chi connectivity index (χ3v) is 5.02. The topological polar surface area (TPSA) is 76.1 Å². The summed E-state index contributed by atoms with van der Waals surface area (Å²) >= 11 is 0. The van der Waals surface area contributed by atoms with Crippen molar-refractivity contribution in [1.29, 1.82) is 0 Å². The van der Waals surface area contributed by atoms with Crippen molar-refractivity contribution in [2.24, 2.45) is 11.3 Å². The Bertz CT molecular complexity index is 758. The van der Waals surface area contributed by atoms with Crippen LogP contribution in [-0.2, 0) is 4.79 Å². The fraction of sp³-hybridized carbons (Fsp3) is 0.389. The van der Waals surface area contributed by atoms with Gasteiger partial charge in [0.1, 0.15) is 17.4 Å². The van der Waals surface area contributed by atoms with Crippen LogP contribution in [-0.4, -0.2) is 29.0 Å². The van der Waals surface area contributed by atoms with Crippen LogP contribution < -0.4 is 15.4 Å². The summed E-state index contributed by atoms with van der Waals surface area (Å²) < 4.78 is 18.3. The number of amides is 1. The number of nitrogens with one attached hydrogen (secondary N) is 2. The number of hydrogen-bond donors (Lipinski definition) is 2. The minimum Gasteiger partial charge on any atom is -0.437 e. The van der Waals surface area contributed by atoms with Crippen LogP contribution in [0.5, 0.6) is 11.6 Å². The molecular weight excluding hydrogens is 323 g/mol. The van der Waals surface area contributed by atoms with Gasteiger partial charge in [0.15, 0.2) is 0 Å². The Balaban J connectivity index is 1.34. The summed E-state index contributed by atoms with van der Waals surface area (Å²) in [7, 11) is 0. The smallest absolute Gasteiger partial charge is 0.229 e. The van der Waals surface area contributed by atoms with Crippen LogP contribution in [0.2, 0.25) is 0 Å². The third-order valence-electron chi connectivity index (χ3n) is 5.02. The van der Waals surface area contributed by atoms with Crippen LogP contribution in [0.4, 0.5) is 10.2 Å². The van der Waals surface area contributed by atoms with Crippen molar-refractivity contribution >= 4 is 11.7 Å². The average molecular weight is 342 g/mol. The highest BCUT2D eigenvalue weighted by Gasteiger charge is 2.57. The summed E-state index contributed by atoms with van der Waals surface area (Å²) in [4.78, 5) is 20.4. The number of nitrogens with zero attached hydrogens (tertiary/aromatic N) is 2. The molecule has 130 valence electrons. The first-order valence-corrected chi connectivity index (χ1v) is 8.42. The van der Waals surface area contributed by atoms with E-state index in [4.69, 9.17) is 4.74 Å². The van der Waals surface area contributed by atoms with Crippen LogP contribution in [0.25, 0.3) is 0 Å². The molecule has 2 N–H and O–H groups in total. The first kappa shape index (κ1) is 16.0. The van der Waals surface area contributed by atoms with E-state index in [1.54, 1.807) is 12.1 Å². The van der Waals surface area contributed by atoms with Gasteiger partial charge >= 0.3 is 0 Å². The minimum absolute atomic E-state index is 0.0447. The molecule has 1 unspecified atom stereocenters. The molecule has 1 saturated heterocycles. The Morgan fingerprint density at radius 2 is 2.04 bits per heavy atom. The minimum atomic E-state index is -0.421. The van der Waals surface area contributed by atoms with E-state index in [0.717, 1.165) is 38.5 Å². The first-order chi connectivity index (χ1) is 12.1. The van der Waals surface area contributed by atoms with E-state index >= 15 is 0 Å². The van der Waals surface area contributed by atoms with E-state index < -0.39 is 5.82 Å². The molecule has 6 nitrogen and oxygen atoms in total. The summed E-state index contributed by atoms with van der Waals surface area (Å²) in [5.41, 5.74) is 0.201. The second-order valence-corrected chi connectivity index (χ2v) is 6.65. The van der Waals surface area contributed by atoms with Gasteiger partial charge in [-0.15, -0.1) is 0 Å². The van der Waals surface area contributed by atoms with Crippen molar-refractivity contribution in [2.75, 3.05) is 18.4 Å². The zero-order chi connectivity index (χ0) is 17.3. The summed E-state index contributed by atoms with van der Waals surface area (Å²) in [6, 6.07) is 6.10. The van der Waals surface area contributed by atoms with Crippen molar-refractivity contribution in [1.82, 2.24) is 15.3 Å². The molecule has 1 aliphatic heterocycles. The van der Waals surface area contributed by atoms with Gasteiger partial charge in [-0.2, -0.15) is 0 Å². The number of halogens is 1. The molecule has 1 amide bonds. The maximum Gasteiger partial charge on any atom is 0.229 e. The molecule has 0 radical (unpaired) electrons. The van der Waals surface area contributed by atoms with E-state index in [1.165, 1.54) is 18.3 Å². The van der Waals surface area contributed by atoms with Gasteiger partial charge in [-0.3, -0.25) is 4.79 Å². The van der Waals surface area contributed by atoms with Gasteiger partial charge in [0, 0.05) is 12.0 Å². The Morgan fingerprint density at radius 3 is 2.72 bits per heavy atom. The van der Waals surface area contributed by atoms with Gasteiger partial charge in [-0.1, -0.05) is 0 Å². The van der Waals surface area contributed by atoms with Crippen molar-refractivity contribution < 1.29 is 13.9 Å². The average Bonchev–Trinajstić information content (AvgIpc) is 3.32. The quantitative estimate of drug-likeness (QED) is 0.893. The predicted molar refractivity (Wildman–Crippen MR) is 89.8 cm³/mol. The van der Waals surface area contributed by atoms with Gasteiger partial charge in [0.25, 0.3) is 0 Å². The molecule has 2 aromatic rings. The molecule has 7 heteroatoms. The van der Waals surface area contributed by atoms with Crippen LogP contribution in [0.1, 0.15) is 19.3 Å². The molecule has 1 spiro atoms. The molecule has 2 fully saturated rings. The zero-order valence-corrected chi connectivity index (χ0v) is 13.7. The lowest BCUT2D eigenvalue weighted by Crippen LogP contribution is -2.31. The molecule has 2 aliphatic rings. The normalized spacial score (nSPS) is 20.9. The number of hydrogen-bond acceptors (Lipinski definition) is 5. The van der Waals surface area contributed by atoms with Crippen LogP contribution in [0, 0.1) is 17.2 Å². The number of carbonyl (C=O) groups excluding carboxylic acids is 1. The van der Waals surface area contributed by atoms with Crippen molar-refractivity contribution in [3.05, 3.63) is 42.5 Å². The zero-order valence-electron chi connectivity index (χ0n) is 13.7. The fourth-order valence-electron chi connectivity index (χ4n) is 3.47. The van der Waals surface area contributed by atoms with Crippen LogP contribution >= 0.6 is 0 Å². The Hall–Kier alpha value is -2.54. The highest BCUT2D eigenvalue weighted by atomic mass is 19.1. The molecule has 3 heterocycles. The fourth-order valence-corrected chi connectivity index (χ4v) is 3.47. The molecule has 2 aromatic heterocycles. The van der Waals surface area contributed by atoms with Crippen molar-refractivity contribution in [3.8, 4) is 11.6 Å². The van der Waals surface area contributed by atoms with E-state index in [9.17, 15) is 9.18 Å². The number of aromatic nitrogens is 2. The first-order valence-electron chi connectivity index (χ1n) is 8.42. The van der Waals surface area contributed by atoms with Crippen molar-refractivity contribution in [3.63, 3.8) is 0 Å². The van der Waals surface area contributed by atoms with Gasteiger partial charge in [0.05, 0.1) is 12.4 Å². The molecular formula is C18H19FN4O2. The van der Waals surface area contributed by atoms with E-state index in [1.807, 2.05) is 0 Å². The number of rotatable bonds is 4. The lowest BCUT2D eigenvalue weighted by atomic mass is 9.92. The largest absolute Gasteiger partial charge is 0.437 e. The summed E-state index contributed by atoms with van der Waals surface area (Å²) in [6.45, 7) is 1.98. The summed E-state index contributed by atoms with van der Waals surface area (Å²) in [6.07, 6.45) is 5.70. The lowest BCUT2D eigenvalue weighted by molar-refractivity contribution is -0.118. The third kappa shape index (κ3) is 3.46. The molecule has 0 bridgehead atoms. The summed E-state index contributed by atoms with van der Waals surface area (Å²) in [5.74, 6) is 0.971. The van der Waals surface area contributed by atoms with E-state index in [2.05, 4.69) is 20.6 Å². The highest BCUT2D eigenvalue weighted by molar-refractivity contribution is 5.94. The molecule has 1 aliphatic carbocycles. The van der Waals surface area contributed by atoms with Crippen LogP contribution in [0.15, 0.2) is 36.7 Å². The SMILES string of the molecule is O=C(Nc1ccc(Oc2ccc(F)cn2)cn1)C1CC12CCNCC2. The number of carbonyl (C=O) groups is 1. The van der Waals surface area contributed by atoms with E-state index in [-0.39, 0.29) is 23.1 Å². The Morgan fingerprint density at radius 1 is 1.20 bits per heavy atom. The number of pyridine rings is 2. The lowest BCUT2D eigenvalue weighted by Gasteiger charge is -2.23. The van der Waals surface area contributed by atoms with E-state index in [0.29, 0.717) is 11.6 Å². The Labute approximate surface area is 144 Å². The molecule has 4 rings (SSSR count). The molecule has 1 atom stereocenters. The maximum atomic E-state index is 12.8. The highest BCUT2D eigenvalue weighted by Crippen LogP contribution is 2.58. The predicted octanol–water partition coefficient (Wildman–Crippen LogP) is 2.74. The number of anilines is 1. The van der Waals surface area contributed by atoms with Gasteiger partial charge < -0.3 is 15.4 Å². The standard InChI is InChI=1S/C18H19FN4O2/c19-12-1-4-16(22-10-12)25-13-2-3-15(21-11-13)23-17(24)14-9-18(14)5-7-20-8-6-18/h1-4,10-11,14,20H,5-9H2,(H,21,23,24). The molecule has 0 aromatic carbocycles. The molecule has 25 heavy (non-hydrogen) atoms. The number of piperidine rings is 1.